The third kappa shape index (κ3) is 3.45. The van der Waals surface area contributed by atoms with Gasteiger partial charge in [0.25, 0.3) is 0 Å². The summed E-state index contributed by atoms with van der Waals surface area (Å²) in [5, 5.41) is 4.15. The lowest BCUT2D eigenvalue weighted by atomic mass is 9.66. The Hall–Kier alpha value is -1.58. The van der Waals surface area contributed by atoms with Crippen LogP contribution < -0.4 is 11.2 Å². The van der Waals surface area contributed by atoms with E-state index >= 15 is 0 Å². The Balaban J connectivity index is 3.10. The van der Waals surface area contributed by atoms with Gasteiger partial charge < -0.3 is 5.73 Å². The zero-order valence-electron chi connectivity index (χ0n) is 11.7. The molecular formula is C14H23N3O. The van der Waals surface area contributed by atoms with E-state index < -0.39 is 6.03 Å². The molecule has 1 rings (SSSR count). The van der Waals surface area contributed by atoms with Gasteiger partial charge in [0.15, 0.2) is 0 Å². The van der Waals surface area contributed by atoms with Gasteiger partial charge in [0, 0.05) is 5.92 Å². The lowest BCUT2D eigenvalue weighted by molar-refractivity contribution is 0.248. The third-order valence-electron chi connectivity index (χ3n) is 3.42. The number of urea groups is 1. The van der Waals surface area contributed by atoms with Crippen molar-refractivity contribution < 1.29 is 4.79 Å². The number of hydrazone groups is 1. The van der Waals surface area contributed by atoms with Gasteiger partial charge in [0.1, 0.15) is 0 Å². The molecule has 4 heteroatoms. The highest BCUT2D eigenvalue weighted by atomic mass is 16.2. The molecule has 1 aliphatic rings. The van der Waals surface area contributed by atoms with Gasteiger partial charge in [-0.05, 0) is 38.2 Å². The summed E-state index contributed by atoms with van der Waals surface area (Å²) in [5.41, 5.74) is 9.70. The first-order valence-corrected chi connectivity index (χ1v) is 6.31. The van der Waals surface area contributed by atoms with Crippen molar-refractivity contribution in [3.05, 3.63) is 23.8 Å². The second-order valence-corrected chi connectivity index (χ2v) is 5.42. The maximum Gasteiger partial charge on any atom is 0.332 e. The van der Waals surface area contributed by atoms with Crippen LogP contribution in [0, 0.1) is 11.3 Å². The van der Waals surface area contributed by atoms with E-state index in [2.05, 4.69) is 37.4 Å². The minimum atomic E-state index is -0.632. The number of hydrogen-bond donors (Lipinski definition) is 2. The molecule has 0 fully saturated rings. The lowest BCUT2D eigenvalue weighted by Crippen LogP contribution is -2.35. The molecule has 100 valence electrons. The van der Waals surface area contributed by atoms with Crippen LogP contribution in [0.5, 0.6) is 0 Å². The smallest absolute Gasteiger partial charge is 0.332 e. The van der Waals surface area contributed by atoms with Crippen LogP contribution in [0.2, 0.25) is 0 Å². The molecule has 4 nitrogen and oxygen atoms in total. The van der Waals surface area contributed by atoms with E-state index in [1.54, 1.807) is 0 Å². The van der Waals surface area contributed by atoms with Crippen molar-refractivity contribution in [2.75, 3.05) is 0 Å². The molecule has 18 heavy (non-hydrogen) atoms. The van der Waals surface area contributed by atoms with E-state index in [0.717, 1.165) is 18.6 Å². The molecule has 0 aromatic carbocycles. The van der Waals surface area contributed by atoms with Crippen LogP contribution in [-0.2, 0) is 0 Å². The average molecular weight is 249 g/mol. The molecule has 3 N–H and O–H groups in total. The summed E-state index contributed by atoms with van der Waals surface area (Å²) in [6, 6.07) is -0.632. The van der Waals surface area contributed by atoms with Crippen LogP contribution in [0.15, 0.2) is 28.9 Å². The second-order valence-electron chi connectivity index (χ2n) is 5.42. The van der Waals surface area contributed by atoms with Crippen molar-refractivity contribution in [3.63, 3.8) is 0 Å². The fourth-order valence-corrected chi connectivity index (χ4v) is 2.67. The minimum absolute atomic E-state index is 0.135. The van der Waals surface area contributed by atoms with Crippen molar-refractivity contribution in [1.29, 1.82) is 0 Å². The molecule has 0 saturated heterocycles. The van der Waals surface area contributed by atoms with Crippen LogP contribution in [-0.4, -0.2) is 11.7 Å². The van der Waals surface area contributed by atoms with Crippen molar-refractivity contribution in [1.82, 2.24) is 5.43 Å². The Bertz CT molecular complexity index is 405. The van der Waals surface area contributed by atoms with E-state index in [1.807, 2.05) is 19.1 Å². The normalized spacial score (nSPS) is 23.9. The number of amides is 2. The van der Waals surface area contributed by atoms with Crippen LogP contribution in [0.25, 0.3) is 0 Å². The summed E-state index contributed by atoms with van der Waals surface area (Å²) in [7, 11) is 0. The zero-order valence-corrected chi connectivity index (χ0v) is 11.7. The van der Waals surface area contributed by atoms with Crippen LogP contribution in [0.3, 0.4) is 0 Å². The quantitative estimate of drug-likeness (QED) is 0.450. The number of allylic oxidation sites excluding steroid dienone is 4. The Morgan fingerprint density at radius 3 is 2.78 bits per heavy atom. The summed E-state index contributed by atoms with van der Waals surface area (Å²) in [4.78, 5) is 10.8. The molecule has 0 aliphatic heterocycles. The summed E-state index contributed by atoms with van der Waals surface area (Å²) in [6.07, 6.45) is 8.33. The average Bonchev–Trinajstić information content (AvgIpc) is 2.24. The summed E-state index contributed by atoms with van der Waals surface area (Å²) >= 11 is 0. The number of nitrogens with zero attached hydrogens (tertiary/aromatic N) is 1. The van der Waals surface area contributed by atoms with E-state index in [9.17, 15) is 4.79 Å². The first-order chi connectivity index (χ1) is 8.38. The molecular weight excluding hydrogens is 226 g/mol. The van der Waals surface area contributed by atoms with Crippen LogP contribution in [0.1, 0.15) is 40.5 Å². The Kier molecular flexibility index (Phi) is 4.70. The van der Waals surface area contributed by atoms with Crippen LogP contribution in [0.4, 0.5) is 4.79 Å². The lowest BCUT2D eigenvalue weighted by Gasteiger charge is -2.38. The number of carbonyl (C=O) groups is 1. The van der Waals surface area contributed by atoms with E-state index in [4.69, 9.17) is 5.73 Å². The molecule has 0 radical (unpaired) electrons. The van der Waals surface area contributed by atoms with Gasteiger partial charge >= 0.3 is 6.03 Å². The Morgan fingerprint density at radius 1 is 1.61 bits per heavy atom. The topological polar surface area (TPSA) is 67.5 Å². The number of primary amides is 1. The molecule has 1 atom stereocenters. The molecule has 0 aromatic heterocycles. The first kappa shape index (κ1) is 14.5. The van der Waals surface area contributed by atoms with Crippen molar-refractivity contribution in [3.8, 4) is 0 Å². The molecule has 0 aromatic rings. The predicted molar refractivity (Wildman–Crippen MR) is 75.2 cm³/mol. The highest BCUT2D eigenvalue weighted by Gasteiger charge is 2.35. The van der Waals surface area contributed by atoms with Crippen molar-refractivity contribution in [2.24, 2.45) is 22.2 Å². The summed E-state index contributed by atoms with van der Waals surface area (Å²) < 4.78 is 0. The van der Waals surface area contributed by atoms with Gasteiger partial charge in [-0.3, -0.25) is 0 Å². The number of nitrogens with two attached hydrogens (primary N) is 1. The maximum atomic E-state index is 10.8. The maximum absolute atomic E-state index is 10.8. The van der Waals surface area contributed by atoms with E-state index in [-0.39, 0.29) is 11.3 Å². The number of nitrogens with one attached hydrogen (secondary N) is 1. The van der Waals surface area contributed by atoms with Crippen molar-refractivity contribution in [2.45, 2.75) is 40.5 Å². The van der Waals surface area contributed by atoms with E-state index in [0.29, 0.717) is 0 Å². The molecule has 1 aliphatic carbocycles. The number of carbonyl (C=O) groups excluding carboxylic acids is 1. The van der Waals surface area contributed by atoms with Gasteiger partial charge in [-0.2, -0.15) is 5.10 Å². The fraction of sp³-hybridized carbons (Fsp3) is 0.571. The first-order valence-electron chi connectivity index (χ1n) is 6.31. The highest BCUT2D eigenvalue weighted by Crippen LogP contribution is 2.41. The minimum Gasteiger partial charge on any atom is -0.350 e. The highest BCUT2D eigenvalue weighted by molar-refractivity contribution is 5.99. The van der Waals surface area contributed by atoms with Gasteiger partial charge in [0.2, 0.25) is 0 Å². The SMILES string of the molecule is C/C=C/C(=N/NC(N)=O)[C@H]1C(C)=CCCC1(C)C. The molecule has 0 heterocycles. The standard InChI is InChI=1S/C14H23N3O/c1-5-7-11(16-17-13(15)18)12-10(2)8-6-9-14(12,3)4/h5,7-8,12H,6,9H2,1-4H3,(H3,15,17,18)/b7-5+,16-11-/t12-/m1/s1. The molecule has 2 amide bonds. The zero-order chi connectivity index (χ0) is 13.8. The van der Waals surface area contributed by atoms with E-state index in [1.165, 1.54) is 5.57 Å². The molecule has 0 bridgehead atoms. The monoisotopic (exact) mass is 249 g/mol. The Labute approximate surface area is 109 Å². The van der Waals surface area contributed by atoms with Gasteiger partial charge in [-0.15, -0.1) is 0 Å². The van der Waals surface area contributed by atoms with Gasteiger partial charge in [-0.1, -0.05) is 31.6 Å². The summed E-state index contributed by atoms with van der Waals surface area (Å²) in [6.45, 7) is 8.53. The second kappa shape index (κ2) is 5.85. The third-order valence-corrected chi connectivity index (χ3v) is 3.42. The largest absolute Gasteiger partial charge is 0.350 e. The van der Waals surface area contributed by atoms with Crippen LogP contribution >= 0.6 is 0 Å². The number of hydrogen-bond acceptors (Lipinski definition) is 2. The predicted octanol–water partition coefficient (Wildman–Crippen LogP) is 2.97. The Morgan fingerprint density at radius 2 is 2.28 bits per heavy atom. The summed E-state index contributed by atoms with van der Waals surface area (Å²) in [5.74, 6) is 0.217. The molecule has 0 spiro atoms. The molecule has 0 unspecified atom stereocenters. The molecule has 0 saturated carbocycles. The van der Waals surface area contributed by atoms with Gasteiger partial charge in [-0.25, -0.2) is 10.2 Å². The van der Waals surface area contributed by atoms with Crippen molar-refractivity contribution >= 4 is 11.7 Å². The number of rotatable bonds is 3. The van der Waals surface area contributed by atoms with Gasteiger partial charge in [0.05, 0.1) is 5.71 Å². The fourth-order valence-electron chi connectivity index (χ4n) is 2.67.